The van der Waals surface area contributed by atoms with Crippen LogP contribution in [0.5, 0.6) is 5.75 Å². The second kappa shape index (κ2) is 8.75. The number of hydrogen-bond donors (Lipinski definition) is 0. The predicted octanol–water partition coefficient (Wildman–Crippen LogP) is 0.972. The SMILES string of the molecule is CCOC(=O)C1CCN(S(=O)(=O)c2cc(N3C(=O)[C@@H](C)CS3(=O)=O)ccc2OC)CC1. The molecular weight excluding hydrogens is 448 g/mol. The Bertz CT molecular complexity index is 1080. The fourth-order valence-electron chi connectivity index (χ4n) is 3.81. The molecule has 0 N–H and O–H groups in total. The zero-order chi connectivity index (χ0) is 23.0. The molecule has 1 aromatic rings. The van der Waals surface area contributed by atoms with E-state index in [0.717, 1.165) is 6.07 Å². The lowest BCUT2D eigenvalue weighted by atomic mass is 9.98. The van der Waals surface area contributed by atoms with Gasteiger partial charge in [-0.15, -0.1) is 0 Å². The quantitative estimate of drug-likeness (QED) is 0.558. The third kappa shape index (κ3) is 4.41. The number of amides is 1. The fraction of sp³-hybridized carbons (Fsp3) is 0.579. The zero-order valence-electron chi connectivity index (χ0n) is 17.6. The Balaban J connectivity index is 1.92. The van der Waals surface area contributed by atoms with E-state index < -0.39 is 31.9 Å². The molecule has 2 aliphatic rings. The van der Waals surface area contributed by atoms with Crippen molar-refractivity contribution >= 4 is 37.6 Å². The van der Waals surface area contributed by atoms with Crippen LogP contribution in [-0.2, 0) is 34.4 Å². The lowest BCUT2D eigenvalue weighted by Crippen LogP contribution is -2.40. The van der Waals surface area contributed by atoms with Crippen LogP contribution in [0.4, 0.5) is 5.69 Å². The molecule has 0 aromatic heterocycles. The topological polar surface area (TPSA) is 127 Å². The molecule has 172 valence electrons. The molecule has 1 atom stereocenters. The Morgan fingerprint density at radius 2 is 1.87 bits per heavy atom. The van der Waals surface area contributed by atoms with Crippen molar-refractivity contribution in [1.82, 2.24) is 4.31 Å². The van der Waals surface area contributed by atoms with Gasteiger partial charge in [-0.25, -0.2) is 21.1 Å². The number of rotatable bonds is 6. The molecule has 0 bridgehead atoms. The molecule has 12 heteroatoms. The van der Waals surface area contributed by atoms with Crippen molar-refractivity contribution in [3.63, 3.8) is 0 Å². The monoisotopic (exact) mass is 474 g/mol. The molecule has 0 saturated carbocycles. The van der Waals surface area contributed by atoms with Crippen molar-refractivity contribution in [2.24, 2.45) is 11.8 Å². The maximum Gasteiger partial charge on any atom is 0.309 e. The highest BCUT2D eigenvalue weighted by molar-refractivity contribution is 7.94. The van der Waals surface area contributed by atoms with E-state index in [1.165, 1.54) is 30.5 Å². The number of piperidine rings is 1. The zero-order valence-corrected chi connectivity index (χ0v) is 19.2. The number of esters is 1. The van der Waals surface area contributed by atoms with Gasteiger partial charge in [0.05, 0.1) is 37.0 Å². The minimum Gasteiger partial charge on any atom is -0.495 e. The molecule has 2 aliphatic heterocycles. The van der Waals surface area contributed by atoms with Gasteiger partial charge in [-0.1, -0.05) is 6.92 Å². The van der Waals surface area contributed by atoms with Crippen LogP contribution in [-0.4, -0.2) is 65.6 Å². The summed E-state index contributed by atoms with van der Waals surface area (Å²) in [6.45, 7) is 3.70. The number of ether oxygens (including phenoxy) is 2. The van der Waals surface area contributed by atoms with Gasteiger partial charge in [-0.3, -0.25) is 9.59 Å². The summed E-state index contributed by atoms with van der Waals surface area (Å²) in [6, 6.07) is 3.83. The number of carbonyl (C=O) groups is 2. The largest absolute Gasteiger partial charge is 0.495 e. The van der Waals surface area contributed by atoms with Crippen LogP contribution >= 0.6 is 0 Å². The predicted molar refractivity (Wildman–Crippen MR) is 112 cm³/mol. The molecular formula is C19H26N2O8S2. The van der Waals surface area contributed by atoms with Crippen molar-refractivity contribution in [1.29, 1.82) is 0 Å². The van der Waals surface area contributed by atoms with Gasteiger partial charge < -0.3 is 9.47 Å². The van der Waals surface area contributed by atoms with E-state index in [1.807, 2.05) is 0 Å². The standard InChI is InChI=1S/C19H26N2O8S2/c1-4-29-19(23)14-7-9-20(10-8-14)31(26,27)17-11-15(5-6-16(17)28-3)21-18(22)13(2)12-30(21,24)25/h5-6,11,13-14H,4,7-10,12H2,1-3H3/t13-/m0/s1. The van der Waals surface area contributed by atoms with Crippen LogP contribution in [0, 0.1) is 11.8 Å². The van der Waals surface area contributed by atoms with Crippen LogP contribution in [0.15, 0.2) is 23.1 Å². The normalized spacial score (nSPS) is 22.5. The first-order valence-electron chi connectivity index (χ1n) is 9.94. The summed E-state index contributed by atoms with van der Waals surface area (Å²) in [5.41, 5.74) is -0.0462. The van der Waals surface area contributed by atoms with Crippen LogP contribution in [0.2, 0.25) is 0 Å². The molecule has 2 saturated heterocycles. The van der Waals surface area contributed by atoms with E-state index in [2.05, 4.69) is 0 Å². The van der Waals surface area contributed by atoms with E-state index in [4.69, 9.17) is 9.47 Å². The van der Waals surface area contributed by atoms with E-state index in [1.54, 1.807) is 6.92 Å². The second-order valence-electron chi connectivity index (χ2n) is 7.55. The summed E-state index contributed by atoms with van der Waals surface area (Å²) in [4.78, 5) is 24.1. The number of methoxy groups -OCH3 is 1. The molecule has 0 unspecified atom stereocenters. The lowest BCUT2D eigenvalue weighted by Gasteiger charge is -2.30. The van der Waals surface area contributed by atoms with E-state index >= 15 is 0 Å². The van der Waals surface area contributed by atoms with Crippen molar-refractivity contribution in [2.75, 3.05) is 36.9 Å². The highest BCUT2D eigenvalue weighted by Gasteiger charge is 2.43. The van der Waals surface area contributed by atoms with Gasteiger partial charge in [0, 0.05) is 13.1 Å². The molecule has 0 radical (unpaired) electrons. The number of anilines is 1. The minimum absolute atomic E-state index is 0.0355. The maximum absolute atomic E-state index is 13.3. The van der Waals surface area contributed by atoms with Crippen molar-refractivity contribution < 1.29 is 35.9 Å². The van der Waals surface area contributed by atoms with Crippen molar-refractivity contribution in [3.05, 3.63) is 18.2 Å². The van der Waals surface area contributed by atoms with Gasteiger partial charge in [-0.2, -0.15) is 4.31 Å². The van der Waals surface area contributed by atoms with Crippen molar-refractivity contribution in [3.8, 4) is 5.75 Å². The van der Waals surface area contributed by atoms with Crippen LogP contribution in [0.1, 0.15) is 26.7 Å². The van der Waals surface area contributed by atoms with Crippen molar-refractivity contribution in [2.45, 2.75) is 31.6 Å². The first-order chi connectivity index (χ1) is 14.5. The average molecular weight is 475 g/mol. The average Bonchev–Trinajstić information content (AvgIpc) is 2.94. The van der Waals surface area contributed by atoms with E-state index in [9.17, 15) is 26.4 Å². The first-order valence-corrected chi connectivity index (χ1v) is 13.0. The summed E-state index contributed by atoms with van der Waals surface area (Å²) < 4.78 is 63.6. The molecule has 0 spiro atoms. The fourth-order valence-corrected chi connectivity index (χ4v) is 7.27. The molecule has 1 amide bonds. The van der Waals surface area contributed by atoms with Gasteiger partial charge in [0.25, 0.3) is 0 Å². The number of sulfonamides is 2. The first kappa shape index (κ1) is 23.5. The molecule has 2 heterocycles. The van der Waals surface area contributed by atoms with Crippen LogP contribution in [0.3, 0.4) is 0 Å². The Morgan fingerprint density at radius 1 is 1.23 bits per heavy atom. The Labute approximate surface area is 182 Å². The maximum atomic E-state index is 13.3. The van der Waals surface area contributed by atoms with E-state index in [0.29, 0.717) is 17.1 Å². The van der Waals surface area contributed by atoms with Gasteiger partial charge >= 0.3 is 5.97 Å². The number of hydrogen-bond acceptors (Lipinski definition) is 8. The van der Waals surface area contributed by atoms with Gasteiger partial charge in [0.1, 0.15) is 10.6 Å². The molecule has 31 heavy (non-hydrogen) atoms. The molecule has 2 fully saturated rings. The summed E-state index contributed by atoms with van der Waals surface area (Å²) in [5, 5.41) is 0. The number of nitrogens with zero attached hydrogens (tertiary/aromatic N) is 2. The Hall–Kier alpha value is -2.18. The second-order valence-corrected chi connectivity index (χ2v) is 11.3. The van der Waals surface area contributed by atoms with Gasteiger partial charge in [0.2, 0.25) is 26.0 Å². The minimum atomic E-state index is -4.06. The summed E-state index contributed by atoms with van der Waals surface area (Å²) >= 11 is 0. The molecule has 3 rings (SSSR count). The summed E-state index contributed by atoms with van der Waals surface area (Å²) in [6.07, 6.45) is 0.632. The molecule has 10 nitrogen and oxygen atoms in total. The summed E-state index contributed by atoms with van der Waals surface area (Å²) in [5.74, 6) is -2.33. The third-order valence-corrected chi connectivity index (χ3v) is 9.22. The highest BCUT2D eigenvalue weighted by Crippen LogP contribution is 2.36. The lowest BCUT2D eigenvalue weighted by molar-refractivity contribution is -0.149. The molecule has 0 aliphatic carbocycles. The van der Waals surface area contributed by atoms with Gasteiger partial charge in [0.15, 0.2) is 0 Å². The summed E-state index contributed by atoms with van der Waals surface area (Å²) in [7, 11) is -6.64. The smallest absolute Gasteiger partial charge is 0.309 e. The van der Waals surface area contributed by atoms with Gasteiger partial charge in [-0.05, 0) is 38.0 Å². The van der Waals surface area contributed by atoms with Crippen LogP contribution in [0.25, 0.3) is 0 Å². The Kier molecular flexibility index (Phi) is 6.63. The third-order valence-electron chi connectivity index (χ3n) is 5.43. The van der Waals surface area contributed by atoms with E-state index in [-0.39, 0.29) is 53.7 Å². The highest BCUT2D eigenvalue weighted by atomic mass is 32.2. The number of benzene rings is 1. The molecule has 1 aromatic carbocycles. The Morgan fingerprint density at radius 3 is 2.39 bits per heavy atom. The number of carbonyl (C=O) groups excluding carboxylic acids is 2. The van der Waals surface area contributed by atoms with Crippen LogP contribution < -0.4 is 9.04 Å².